The van der Waals surface area contributed by atoms with Gasteiger partial charge >= 0.3 is 0 Å². The molecule has 0 heterocycles. The van der Waals surface area contributed by atoms with Gasteiger partial charge in [0.05, 0.1) is 7.11 Å². The van der Waals surface area contributed by atoms with Gasteiger partial charge in [-0.25, -0.2) is 0 Å². The Bertz CT molecular complexity index is 582. The number of hydrogen-bond donors (Lipinski definition) is 0. The number of methoxy groups -OCH3 is 1. The van der Waals surface area contributed by atoms with E-state index in [9.17, 15) is 0 Å². The van der Waals surface area contributed by atoms with Crippen molar-refractivity contribution in [3.63, 3.8) is 0 Å². The second-order valence-electron chi connectivity index (χ2n) is 4.51. The van der Waals surface area contributed by atoms with Gasteiger partial charge in [-0.3, -0.25) is 0 Å². The normalized spacial score (nSPS) is 10.2. The number of para-hydroxylation sites is 1. The van der Waals surface area contributed by atoms with Crippen LogP contribution in [0.15, 0.2) is 49.0 Å². The van der Waals surface area contributed by atoms with Gasteiger partial charge in [0.25, 0.3) is 0 Å². The van der Waals surface area contributed by atoms with Crippen LogP contribution in [0.2, 0.25) is 0 Å². The first-order valence-corrected chi connectivity index (χ1v) is 6.03. The monoisotopic (exact) mass is 238 g/mol. The minimum absolute atomic E-state index is 0.906. The quantitative estimate of drug-likeness (QED) is 0.752. The van der Waals surface area contributed by atoms with Gasteiger partial charge in [-0.15, -0.1) is 0 Å². The van der Waals surface area contributed by atoms with Crippen molar-refractivity contribution in [2.75, 3.05) is 7.11 Å². The van der Waals surface area contributed by atoms with Crippen LogP contribution in [0.1, 0.15) is 18.1 Å². The summed E-state index contributed by atoms with van der Waals surface area (Å²) in [4.78, 5) is 0. The van der Waals surface area contributed by atoms with Crippen molar-refractivity contribution in [3.8, 4) is 16.9 Å². The average molecular weight is 238 g/mol. The number of allylic oxidation sites excluding steroid dienone is 1. The lowest BCUT2D eigenvalue weighted by atomic mass is 9.96. The van der Waals surface area contributed by atoms with E-state index in [4.69, 9.17) is 4.74 Å². The zero-order valence-corrected chi connectivity index (χ0v) is 11.2. The lowest BCUT2D eigenvalue weighted by Crippen LogP contribution is -1.90. The number of hydrogen-bond acceptors (Lipinski definition) is 1. The molecule has 0 spiro atoms. The molecule has 0 fully saturated rings. The summed E-state index contributed by atoms with van der Waals surface area (Å²) in [5.41, 5.74) is 5.85. The fourth-order valence-electron chi connectivity index (χ4n) is 2.10. The highest BCUT2D eigenvalue weighted by molar-refractivity contribution is 5.75. The molecule has 0 saturated heterocycles. The first-order valence-electron chi connectivity index (χ1n) is 6.03. The Balaban J connectivity index is 2.54. The number of ether oxygens (including phenoxy) is 1. The summed E-state index contributed by atoms with van der Waals surface area (Å²) in [6.07, 6.45) is 0. The lowest BCUT2D eigenvalue weighted by Gasteiger charge is -2.12. The number of benzene rings is 2. The molecule has 2 aromatic carbocycles. The van der Waals surface area contributed by atoms with E-state index in [1.54, 1.807) is 7.11 Å². The van der Waals surface area contributed by atoms with Crippen LogP contribution in [-0.4, -0.2) is 7.11 Å². The van der Waals surface area contributed by atoms with Crippen LogP contribution in [-0.2, 0) is 0 Å². The second-order valence-corrected chi connectivity index (χ2v) is 4.51. The Kier molecular flexibility index (Phi) is 3.52. The first kappa shape index (κ1) is 12.4. The molecule has 1 nitrogen and oxygen atoms in total. The molecule has 0 radical (unpaired) electrons. The minimum atomic E-state index is 0.906. The van der Waals surface area contributed by atoms with Crippen LogP contribution in [0.5, 0.6) is 5.75 Å². The summed E-state index contributed by atoms with van der Waals surface area (Å²) >= 11 is 0. The van der Waals surface area contributed by atoms with Crippen molar-refractivity contribution in [2.24, 2.45) is 0 Å². The molecule has 0 aliphatic carbocycles. The van der Waals surface area contributed by atoms with Gasteiger partial charge in [-0.05, 0) is 36.6 Å². The van der Waals surface area contributed by atoms with Gasteiger partial charge in [0.15, 0.2) is 0 Å². The predicted octanol–water partition coefficient (Wildman–Crippen LogP) is 4.70. The molecule has 0 saturated carbocycles. The molecular formula is C17H18O. The topological polar surface area (TPSA) is 9.23 Å². The number of aryl methyl sites for hydroxylation is 1. The highest BCUT2D eigenvalue weighted by Crippen LogP contribution is 2.32. The summed E-state index contributed by atoms with van der Waals surface area (Å²) in [6.45, 7) is 8.12. The zero-order valence-electron chi connectivity index (χ0n) is 11.2. The molecule has 92 valence electrons. The third-order valence-electron chi connectivity index (χ3n) is 3.12. The van der Waals surface area contributed by atoms with Crippen molar-refractivity contribution in [1.82, 2.24) is 0 Å². The Morgan fingerprint density at radius 2 is 1.78 bits per heavy atom. The van der Waals surface area contributed by atoms with Crippen LogP contribution in [0, 0.1) is 6.92 Å². The third kappa shape index (κ3) is 2.30. The van der Waals surface area contributed by atoms with E-state index in [1.807, 2.05) is 25.1 Å². The third-order valence-corrected chi connectivity index (χ3v) is 3.12. The Morgan fingerprint density at radius 3 is 2.39 bits per heavy atom. The van der Waals surface area contributed by atoms with Gasteiger partial charge in [-0.1, -0.05) is 48.6 Å². The first-order chi connectivity index (χ1) is 8.63. The fraction of sp³-hybridized carbons (Fsp3) is 0.176. The smallest absolute Gasteiger partial charge is 0.126 e. The van der Waals surface area contributed by atoms with E-state index in [1.165, 1.54) is 16.7 Å². The molecule has 0 aromatic heterocycles. The molecule has 0 aliphatic heterocycles. The lowest BCUT2D eigenvalue weighted by molar-refractivity contribution is 0.416. The molecule has 1 heteroatoms. The minimum Gasteiger partial charge on any atom is -0.496 e. The van der Waals surface area contributed by atoms with Crippen molar-refractivity contribution in [2.45, 2.75) is 13.8 Å². The summed E-state index contributed by atoms with van der Waals surface area (Å²) in [7, 11) is 1.70. The van der Waals surface area contributed by atoms with Crippen LogP contribution in [0.4, 0.5) is 0 Å². The van der Waals surface area contributed by atoms with Gasteiger partial charge in [-0.2, -0.15) is 0 Å². The Labute approximate surface area is 109 Å². The highest BCUT2D eigenvalue weighted by atomic mass is 16.5. The molecule has 18 heavy (non-hydrogen) atoms. The summed E-state index contributed by atoms with van der Waals surface area (Å²) < 4.78 is 5.41. The van der Waals surface area contributed by atoms with Crippen LogP contribution < -0.4 is 4.74 Å². The van der Waals surface area contributed by atoms with Crippen molar-refractivity contribution in [1.29, 1.82) is 0 Å². The molecule has 0 atom stereocenters. The molecular weight excluding hydrogens is 220 g/mol. The van der Waals surface area contributed by atoms with E-state index in [0.717, 1.165) is 16.9 Å². The van der Waals surface area contributed by atoms with Gasteiger partial charge in [0.2, 0.25) is 0 Å². The molecule has 0 amide bonds. The van der Waals surface area contributed by atoms with Crippen LogP contribution in [0.25, 0.3) is 16.7 Å². The van der Waals surface area contributed by atoms with Crippen molar-refractivity contribution >= 4 is 5.57 Å². The maximum Gasteiger partial charge on any atom is 0.126 e. The summed E-state index contributed by atoms with van der Waals surface area (Å²) in [6, 6.07) is 14.5. The van der Waals surface area contributed by atoms with E-state index >= 15 is 0 Å². The highest BCUT2D eigenvalue weighted by Gasteiger charge is 2.08. The Hall–Kier alpha value is -2.02. The van der Waals surface area contributed by atoms with Crippen LogP contribution >= 0.6 is 0 Å². The molecule has 2 rings (SSSR count). The molecule has 0 unspecified atom stereocenters. The summed E-state index contributed by atoms with van der Waals surface area (Å²) in [5.74, 6) is 0.906. The van der Waals surface area contributed by atoms with E-state index in [-0.39, 0.29) is 0 Å². The molecule has 0 aliphatic rings. The number of rotatable bonds is 3. The molecule has 0 bridgehead atoms. The van der Waals surface area contributed by atoms with Gasteiger partial charge in [0, 0.05) is 5.56 Å². The average Bonchev–Trinajstić information content (AvgIpc) is 2.38. The fourth-order valence-corrected chi connectivity index (χ4v) is 2.10. The van der Waals surface area contributed by atoms with E-state index in [2.05, 4.69) is 37.8 Å². The Morgan fingerprint density at radius 1 is 1.06 bits per heavy atom. The van der Waals surface area contributed by atoms with Gasteiger partial charge in [0.1, 0.15) is 5.75 Å². The maximum atomic E-state index is 5.41. The van der Waals surface area contributed by atoms with Gasteiger partial charge < -0.3 is 4.74 Å². The standard InChI is InChI=1S/C17H18O/c1-12(2)14-9-10-15(13(3)11-14)16-7-5-6-8-17(16)18-4/h5-11H,1H2,2-4H3. The molecule has 0 N–H and O–H groups in total. The van der Waals surface area contributed by atoms with Crippen molar-refractivity contribution < 1.29 is 4.74 Å². The van der Waals surface area contributed by atoms with Crippen molar-refractivity contribution in [3.05, 3.63) is 60.2 Å². The van der Waals surface area contributed by atoms with E-state index < -0.39 is 0 Å². The summed E-state index contributed by atoms with van der Waals surface area (Å²) in [5, 5.41) is 0. The van der Waals surface area contributed by atoms with Crippen LogP contribution in [0.3, 0.4) is 0 Å². The second kappa shape index (κ2) is 5.09. The zero-order chi connectivity index (χ0) is 13.1. The van der Waals surface area contributed by atoms with E-state index in [0.29, 0.717) is 0 Å². The molecule has 2 aromatic rings. The largest absolute Gasteiger partial charge is 0.496 e. The predicted molar refractivity (Wildman–Crippen MR) is 77.9 cm³/mol. The SMILES string of the molecule is C=C(C)c1ccc(-c2ccccc2OC)c(C)c1. The maximum absolute atomic E-state index is 5.41.